The number of aromatic amines is 1. The zero-order valence-corrected chi connectivity index (χ0v) is 13.3. The molecule has 0 unspecified atom stereocenters. The average Bonchev–Trinajstić information content (AvgIpc) is 3.48. The maximum absolute atomic E-state index is 9.83. The molecule has 0 spiro atoms. The van der Waals surface area contributed by atoms with Crippen LogP contribution in [0.4, 0.5) is 5.95 Å². The molecule has 3 heterocycles. The molecular weight excluding hydrogens is 322 g/mol. The van der Waals surface area contributed by atoms with E-state index in [9.17, 15) is 10.2 Å². The molecule has 2 fully saturated rings. The van der Waals surface area contributed by atoms with Crippen LogP contribution in [0, 0.1) is 0 Å². The van der Waals surface area contributed by atoms with Gasteiger partial charge in [0.05, 0.1) is 12.2 Å². The summed E-state index contributed by atoms with van der Waals surface area (Å²) in [5.41, 5.74) is 1.61. The monoisotopic (exact) mass is 339 g/mol. The summed E-state index contributed by atoms with van der Waals surface area (Å²) in [6.07, 6.45) is 7.76. The minimum Gasteiger partial charge on any atom is -0.494 e. The quantitative estimate of drug-likeness (QED) is 0.532. The number of nitrogens with zero attached hydrogens (tertiary/aromatic N) is 5. The van der Waals surface area contributed by atoms with Gasteiger partial charge in [0.15, 0.2) is 17.4 Å². The number of fused-ring (bicyclic) bond motifs is 1. The summed E-state index contributed by atoms with van der Waals surface area (Å²) in [5, 5.41) is 27.7. The van der Waals surface area contributed by atoms with Crippen molar-refractivity contribution < 1.29 is 10.2 Å². The van der Waals surface area contributed by atoms with Crippen molar-refractivity contribution in [3.8, 4) is 11.8 Å². The molecule has 0 radical (unpaired) electrons. The van der Waals surface area contributed by atoms with Crippen molar-refractivity contribution in [3.63, 3.8) is 0 Å². The van der Waals surface area contributed by atoms with Gasteiger partial charge in [0.2, 0.25) is 5.95 Å². The van der Waals surface area contributed by atoms with E-state index in [4.69, 9.17) is 0 Å². The molecule has 0 atom stereocenters. The van der Waals surface area contributed by atoms with Gasteiger partial charge in [-0.3, -0.25) is 4.98 Å². The Morgan fingerprint density at radius 2 is 2.08 bits per heavy atom. The van der Waals surface area contributed by atoms with Crippen LogP contribution < -0.4 is 16.2 Å². The maximum Gasteiger partial charge on any atom is 0.251 e. The molecule has 0 aliphatic heterocycles. The van der Waals surface area contributed by atoms with Crippen LogP contribution in [0.3, 0.4) is 0 Å². The minimum atomic E-state index is -0.106. The van der Waals surface area contributed by atoms with Crippen LogP contribution in [0.5, 0.6) is 11.8 Å². The van der Waals surface area contributed by atoms with Crippen molar-refractivity contribution in [3.05, 3.63) is 28.7 Å². The van der Waals surface area contributed by atoms with E-state index in [1.807, 2.05) is 0 Å². The summed E-state index contributed by atoms with van der Waals surface area (Å²) < 4.78 is 1.62. The number of aromatic hydroxyl groups is 2. The van der Waals surface area contributed by atoms with E-state index >= 15 is 0 Å². The highest BCUT2D eigenvalue weighted by Gasteiger charge is 2.24. The predicted octanol–water partition coefficient (Wildman–Crippen LogP) is 0.0487. The average molecular weight is 339 g/mol. The third-order valence-electron chi connectivity index (χ3n) is 4.26. The number of rotatable bonds is 4. The molecule has 9 heteroatoms. The summed E-state index contributed by atoms with van der Waals surface area (Å²) in [6, 6.07) is 2.19. The van der Waals surface area contributed by atoms with Crippen molar-refractivity contribution >= 4 is 17.7 Å². The molecule has 25 heavy (non-hydrogen) atoms. The molecule has 128 valence electrons. The van der Waals surface area contributed by atoms with Crippen molar-refractivity contribution in [1.29, 1.82) is 0 Å². The highest BCUT2D eigenvalue weighted by Crippen LogP contribution is 2.24. The lowest BCUT2D eigenvalue weighted by Gasteiger charge is -2.03. The lowest BCUT2D eigenvalue weighted by molar-refractivity contribution is 0.425. The van der Waals surface area contributed by atoms with Gasteiger partial charge in [0.1, 0.15) is 0 Å². The van der Waals surface area contributed by atoms with E-state index in [0.29, 0.717) is 40.1 Å². The largest absolute Gasteiger partial charge is 0.494 e. The first kappa shape index (κ1) is 14.3. The molecule has 2 aliphatic carbocycles. The van der Waals surface area contributed by atoms with Gasteiger partial charge in [-0.05, 0) is 31.8 Å². The maximum atomic E-state index is 9.83. The van der Waals surface area contributed by atoms with Crippen molar-refractivity contribution in [2.45, 2.75) is 37.8 Å². The zero-order valence-electron chi connectivity index (χ0n) is 13.3. The Morgan fingerprint density at radius 3 is 2.76 bits per heavy atom. The Balaban J connectivity index is 1.70. The predicted molar refractivity (Wildman–Crippen MR) is 88.9 cm³/mol. The van der Waals surface area contributed by atoms with E-state index in [-0.39, 0.29) is 11.8 Å². The second-order valence-electron chi connectivity index (χ2n) is 6.56. The molecule has 0 aromatic carbocycles. The molecule has 3 aromatic heterocycles. The topological polar surface area (TPSA) is 124 Å². The molecule has 4 N–H and O–H groups in total. The fourth-order valence-electron chi connectivity index (χ4n) is 2.63. The number of nitrogens with one attached hydrogen (secondary N) is 2. The van der Waals surface area contributed by atoms with Crippen LogP contribution in [-0.2, 0) is 0 Å². The molecule has 0 bridgehead atoms. The van der Waals surface area contributed by atoms with Crippen LogP contribution in [0.25, 0.3) is 11.7 Å². The van der Waals surface area contributed by atoms with E-state index in [1.165, 1.54) is 6.07 Å². The number of anilines is 1. The van der Waals surface area contributed by atoms with Crippen molar-refractivity contribution in [2.24, 2.45) is 4.99 Å². The molecule has 5 rings (SSSR count). The summed E-state index contributed by atoms with van der Waals surface area (Å²) in [6.45, 7) is 0. The number of H-pyrrole nitrogens is 1. The second kappa shape index (κ2) is 5.20. The number of hydrogen-bond donors (Lipinski definition) is 4. The third kappa shape index (κ3) is 2.77. The lowest BCUT2D eigenvalue weighted by atomic mass is 10.2. The Kier molecular flexibility index (Phi) is 2.97. The van der Waals surface area contributed by atoms with Gasteiger partial charge >= 0.3 is 0 Å². The lowest BCUT2D eigenvalue weighted by Crippen LogP contribution is -2.25. The summed E-state index contributed by atoms with van der Waals surface area (Å²) in [7, 11) is 0. The van der Waals surface area contributed by atoms with E-state index in [2.05, 4.69) is 30.4 Å². The Labute approximate surface area is 141 Å². The normalized spacial score (nSPS) is 19.0. The fraction of sp³-hybridized carbons (Fsp3) is 0.375. The molecule has 3 aromatic rings. The molecule has 2 saturated carbocycles. The highest BCUT2D eigenvalue weighted by molar-refractivity contribution is 5.61. The fourth-order valence-corrected chi connectivity index (χ4v) is 2.63. The second-order valence-corrected chi connectivity index (χ2v) is 6.56. The zero-order chi connectivity index (χ0) is 17.0. The first-order valence-corrected chi connectivity index (χ1v) is 8.34. The van der Waals surface area contributed by atoms with E-state index in [0.717, 1.165) is 25.7 Å². The third-order valence-corrected chi connectivity index (χ3v) is 4.26. The standard InChI is InChI=1S/C16H17N7O2/c24-12-6-8(14(25)20-12)5-9-7-17-23-13(9)21-15(18-10-1-2-10)22-16(23)19-11-3-4-11/h5-7,10-11,20,24-25H,1-4H2,(H,18,19,22). The number of aromatic nitrogens is 5. The SMILES string of the molecule is Oc1cc(C=c2cnn3c(=NC4CC4)nc(NC4CC4)nc23)c(O)[nH]1. The smallest absolute Gasteiger partial charge is 0.251 e. The van der Waals surface area contributed by atoms with Gasteiger partial charge in [-0.2, -0.15) is 19.6 Å². The minimum absolute atomic E-state index is 0.102. The van der Waals surface area contributed by atoms with Crippen LogP contribution in [-0.4, -0.2) is 46.9 Å². The van der Waals surface area contributed by atoms with Gasteiger partial charge < -0.3 is 15.5 Å². The number of hydrogen-bond acceptors (Lipinski definition) is 7. The van der Waals surface area contributed by atoms with Crippen molar-refractivity contribution in [2.75, 3.05) is 5.32 Å². The summed E-state index contributed by atoms with van der Waals surface area (Å²) in [4.78, 5) is 16.2. The summed E-state index contributed by atoms with van der Waals surface area (Å²) >= 11 is 0. The van der Waals surface area contributed by atoms with Crippen LogP contribution in [0.15, 0.2) is 17.3 Å². The van der Waals surface area contributed by atoms with Gasteiger partial charge in [0.25, 0.3) is 5.62 Å². The van der Waals surface area contributed by atoms with Crippen molar-refractivity contribution in [1.82, 2.24) is 24.6 Å². The van der Waals surface area contributed by atoms with E-state index < -0.39 is 0 Å². The molecule has 2 aliphatic rings. The van der Waals surface area contributed by atoms with Crippen LogP contribution >= 0.6 is 0 Å². The van der Waals surface area contributed by atoms with Crippen LogP contribution in [0.2, 0.25) is 0 Å². The Bertz CT molecular complexity index is 1080. The molecule has 9 nitrogen and oxygen atoms in total. The Morgan fingerprint density at radius 1 is 1.24 bits per heavy atom. The molecule has 0 saturated heterocycles. The van der Waals surface area contributed by atoms with Gasteiger partial charge in [-0.25, -0.2) is 4.99 Å². The van der Waals surface area contributed by atoms with Gasteiger partial charge in [-0.15, -0.1) is 0 Å². The first-order chi connectivity index (χ1) is 12.2. The Hall–Kier alpha value is -3.10. The highest BCUT2D eigenvalue weighted by atomic mass is 16.3. The first-order valence-electron chi connectivity index (χ1n) is 8.34. The van der Waals surface area contributed by atoms with E-state index in [1.54, 1.807) is 16.8 Å². The molecular formula is C16H17N7O2. The van der Waals surface area contributed by atoms with Gasteiger partial charge in [-0.1, -0.05) is 0 Å². The van der Waals surface area contributed by atoms with Crippen LogP contribution in [0.1, 0.15) is 31.2 Å². The van der Waals surface area contributed by atoms with Gasteiger partial charge in [0, 0.05) is 22.9 Å². The summed E-state index contributed by atoms with van der Waals surface area (Å²) in [5.74, 6) is 0.339. The molecule has 0 amide bonds.